The summed E-state index contributed by atoms with van der Waals surface area (Å²) in [4.78, 5) is 9.15. The van der Waals surface area contributed by atoms with Crippen molar-refractivity contribution in [3.63, 3.8) is 0 Å². The predicted octanol–water partition coefficient (Wildman–Crippen LogP) is 14.0. The largest absolute Gasteiger partial charge is 0.305 e. The number of hydrogen-bond acceptors (Lipinski definition) is 2. The van der Waals surface area contributed by atoms with E-state index < -0.39 is 11.8 Å². The summed E-state index contributed by atoms with van der Waals surface area (Å²) >= 11 is 0. The third-order valence-electron chi connectivity index (χ3n) is 10.9. The van der Waals surface area contributed by atoms with Gasteiger partial charge in [0.1, 0.15) is 0 Å². The number of pyridine rings is 2. The molecule has 2 nitrogen and oxygen atoms in total. The van der Waals surface area contributed by atoms with Crippen molar-refractivity contribution in [3.05, 3.63) is 169 Å². The molecule has 1 radical (unpaired) electrons. The van der Waals surface area contributed by atoms with Crippen LogP contribution in [0.2, 0.25) is 0 Å². The molecule has 1 aliphatic rings. The van der Waals surface area contributed by atoms with Crippen LogP contribution in [0.3, 0.4) is 0 Å². The van der Waals surface area contributed by atoms with E-state index in [2.05, 4.69) is 131 Å². The summed E-state index contributed by atoms with van der Waals surface area (Å²) in [6.45, 7) is 3.78. The first kappa shape index (κ1) is 33.4. The Kier molecular flexibility index (Phi) is 9.66. The van der Waals surface area contributed by atoms with Crippen LogP contribution < -0.4 is 0 Å². The molecule has 0 unspecified atom stereocenters. The number of aromatic nitrogens is 2. The van der Waals surface area contributed by atoms with Crippen LogP contribution in [0.5, 0.6) is 0 Å². The molecule has 0 bridgehead atoms. The second-order valence-electron chi connectivity index (χ2n) is 14.4. The average molecular weight is 877 g/mol. The van der Waals surface area contributed by atoms with E-state index in [1.807, 2.05) is 44.3 Å². The Bertz CT molecular complexity index is 2840. The second kappa shape index (κ2) is 15.6. The van der Waals surface area contributed by atoms with Gasteiger partial charge in [0.15, 0.2) is 0 Å². The Morgan fingerprint density at radius 2 is 1.11 bits per heavy atom. The minimum absolute atomic E-state index is 0. The quantitative estimate of drug-likeness (QED) is 0.130. The fraction of sp³-hybridized carbons (Fsp3) is 0.176. The Balaban J connectivity index is 0.000000160. The molecule has 0 amide bonds. The summed E-state index contributed by atoms with van der Waals surface area (Å²) < 4.78 is 17.2. The van der Waals surface area contributed by atoms with Crippen molar-refractivity contribution in [3.8, 4) is 22.5 Å². The molecule has 10 rings (SSSR count). The zero-order chi connectivity index (χ0) is 37.6. The Morgan fingerprint density at radius 1 is 0.556 bits per heavy atom. The molecule has 1 aliphatic carbocycles. The Hall–Kier alpha value is -5.21. The fourth-order valence-corrected chi connectivity index (χ4v) is 8.04. The molecule has 1 fully saturated rings. The maximum absolute atomic E-state index is 9.01. The van der Waals surface area contributed by atoms with E-state index in [0.717, 1.165) is 59.3 Å². The smallest absolute Gasteiger partial charge is 0.0352 e. The number of benzene rings is 7. The summed E-state index contributed by atoms with van der Waals surface area (Å²) in [6.07, 6.45) is 9.05. The van der Waals surface area contributed by atoms with E-state index in [0.29, 0.717) is 0 Å². The number of hydrogen-bond donors (Lipinski definition) is 0. The molecular formula is C51H42IrN2-2. The Labute approximate surface area is 334 Å². The van der Waals surface area contributed by atoms with Crippen LogP contribution in [0.1, 0.15) is 71.6 Å². The van der Waals surface area contributed by atoms with Crippen LogP contribution in [-0.4, -0.2) is 9.97 Å². The summed E-state index contributed by atoms with van der Waals surface area (Å²) in [5, 5.41) is 12.4. The van der Waals surface area contributed by atoms with Crippen LogP contribution in [0.15, 0.2) is 146 Å². The summed E-state index contributed by atoms with van der Waals surface area (Å²) in [5.41, 5.74) is 5.78. The molecule has 54 heavy (non-hydrogen) atoms. The normalized spacial score (nSPS) is 14.6. The SMILES string of the molecule is [2H]C(C)(C)c1ccnc(-c2[c-]cc3c(ccc4ccccc43)c2)c1.[2H]C1(c2ccnc(-c3[c-]cc4c5ccccc5c5ccccc5c4c3)c2)CCCCC1.[Ir]. The van der Waals surface area contributed by atoms with Crippen molar-refractivity contribution in [2.24, 2.45) is 0 Å². The van der Waals surface area contributed by atoms with Gasteiger partial charge in [-0.05, 0) is 69.7 Å². The molecule has 0 aliphatic heterocycles. The summed E-state index contributed by atoms with van der Waals surface area (Å²) in [7, 11) is 0. The van der Waals surface area contributed by atoms with Crippen LogP contribution in [0.4, 0.5) is 0 Å². The first-order valence-corrected chi connectivity index (χ1v) is 18.8. The molecule has 3 heteroatoms. The Morgan fingerprint density at radius 3 is 1.81 bits per heavy atom. The number of rotatable bonds is 4. The van der Waals surface area contributed by atoms with Crippen molar-refractivity contribution in [2.75, 3.05) is 0 Å². The third-order valence-corrected chi connectivity index (χ3v) is 10.9. The second-order valence-corrected chi connectivity index (χ2v) is 14.4. The van der Waals surface area contributed by atoms with Gasteiger partial charge < -0.3 is 9.97 Å². The average Bonchev–Trinajstić information content (AvgIpc) is 3.23. The molecule has 0 saturated heterocycles. The van der Waals surface area contributed by atoms with Gasteiger partial charge in [0.05, 0.1) is 0 Å². The van der Waals surface area contributed by atoms with Gasteiger partial charge in [0.25, 0.3) is 0 Å². The number of nitrogens with zero attached hydrogens (tertiary/aromatic N) is 2. The fourth-order valence-electron chi connectivity index (χ4n) is 8.04. The van der Waals surface area contributed by atoms with Gasteiger partial charge in [0, 0.05) is 35.2 Å². The van der Waals surface area contributed by atoms with E-state index in [-0.39, 0.29) is 20.1 Å². The van der Waals surface area contributed by atoms with E-state index in [1.165, 1.54) is 60.3 Å². The van der Waals surface area contributed by atoms with E-state index in [4.69, 9.17) is 2.74 Å². The third kappa shape index (κ3) is 6.95. The van der Waals surface area contributed by atoms with Gasteiger partial charge in [-0.25, -0.2) is 0 Å². The van der Waals surface area contributed by atoms with Crippen LogP contribution in [-0.2, 0) is 20.1 Å². The zero-order valence-electron chi connectivity index (χ0n) is 32.6. The minimum atomic E-state index is -0.634. The van der Waals surface area contributed by atoms with E-state index in [1.54, 1.807) is 6.20 Å². The molecule has 0 atom stereocenters. The van der Waals surface area contributed by atoms with Gasteiger partial charge in [-0.2, -0.15) is 0 Å². The van der Waals surface area contributed by atoms with Crippen LogP contribution >= 0.6 is 0 Å². The van der Waals surface area contributed by atoms with Crippen molar-refractivity contribution in [1.29, 1.82) is 0 Å². The first-order valence-electron chi connectivity index (χ1n) is 19.8. The molecule has 9 aromatic rings. The van der Waals surface area contributed by atoms with E-state index >= 15 is 0 Å². The maximum atomic E-state index is 9.01. The van der Waals surface area contributed by atoms with Crippen LogP contribution in [0, 0.1) is 12.1 Å². The first-order chi connectivity index (χ1) is 26.7. The van der Waals surface area contributed by atoms with Gasteiger partial charge in [0.2, 0.25) is 0 Å². The summed E-state index contributed by atoms with van der Waals surface area (Å²) in [6, 6.07) is 53.4. The molecular weight excluding hydrogens is 833 g/mol. The van der Waals surface area contributed by atoms with Gasteiger partial charge in [-0.15, -0.1) is 52.9 Å². The van der Waals surface area contributed by atoms with Crippen molar-refractivity contribution in [2.45, 2.75) is 57.7 Å². The van der Waals surface area contributed by atoms with Crippen molar-refractivity contribution in [1.82, 2.24) is 9.97 Å². The van der Waals surface area contributed by atoms with Crippen molar-refractivity contribution >= 4 is 53.9 Å². The molecule has 7 aromatic carbocycles. The standard InChI is InChI=1S/C29H24N.C22H18N.Ir/c1-2-8-20(9-3-1)21-16-17-30-29(19-21)22-14-15-27-25-12-5-4-10-23(25)24-11-6-7-13-26(24)28(27)18-22;1-15(2)17-11-12-23-22(14-17)19-9-10-21-18(13-19)8-7-16-5-3-4-6-20(16)21;/h4-7,10-13,15-20H,1-3,8-9H2;3-8,10-15H,1-2H3;/q2*-1;/i20D;15D;. The molecule has 2 heterocycles. The predicted molar refractivity (Wildman–Crippen MR) is 224 cm³/mol. The monoisotopic (exact) mass is 877 g/mol. The van der Waals surface area contributed by atoms with Gasteiger partial charge >= 0.3 is 0 Å². The molecule has 1 saturated carbocycles. The molecule has 0 spiro atoms. The van der Waals surface area contributed by atoms with Crippen molar-refractivity contribution < 1.29 is 22.8 Å². The summed E-state index contributed by atoms with van der Waals surface area (Å²) in [5.74, 6) is -1.11. The van der Waals surface area contributed by atoms with E-state index in [9.17, 15) is 0 Å². The molecule has 2 aromatic heterocycles. The maximum Gasteiger partial charge on any atom is 0.0352 e. The minimum Gasteiger partial charge on any atom is -0.305 e. The molecule has 0 N–H and O–H groups in total. The van der Waals surface area contributed by atoms with Crippen LogP contribution in [0.25, 0.3) is 76.4 Å². The topological polar surface area (TPSA) is 25.8 Å². The van der Waals surface area contributed by atoms with Gasteiger partial charge in [-0.3, -0.25) is 0 Å². The zero-order valence-corrected chi connectivity index (χ0v) is 33.0. The molecule has 267 valence electrons. The van der Waals surface area contributed by atoms with Gasteiger partial charge in [-0.1, -0.05) is 168 Å². The number of fused-ring (bicyclic) bond motifs is 9.